The highest BCUT2D eigenvalue weighted by Crippen LogP contribution is 2.47. The number of carbonyl (C=O) groups excluding carboxylic acids is 2. The predicted octanol–water partition coefficient (Wildman–Crippen LogP) is 4.63. The SMILES string of the molecule is CCc1ccccc1NC(=O)C1(C(=O)Nc2cccc(C(F)(F)F)c2)CC1. The van der Waals surface area contributed by atoms with E-state index in [4.69, 9.17) is 0 Å². The molecule has 1 fully saturated rings. The average Bonchev–Trinajstić information content (AvgIpc) is 3.44. The number of para-hydroxylation sites is 1. The van der Waals surface area contributed by atoms with Crippen LogP contribution in [0.15, 0.2) is 48.5 Å². The number of rotatable bonds is 5. The van der Waals surface area contributed by atoms with Crippen LogP contribution < -0.4 is 10.6 Å². The highest BCUT2D eigenvalue weighted by atomic mass is 19.4. The van der Waals surface area contributed by atoms with Crippen molar-refractivity contribution in [1.82, 2.24) is 0 Å². The summed E-state index contributed by atoms with van der Waals surface area (Å²) in [5.74, 6) is -1.03. The summed E-state index contributed by atoms with van der Waals surface area (Å²) in [4.78, 5) is 25.3. The Labute approximate surface area is 154 Å². The minimum absolute atomic E-state index is 0.0165. The van der Waals surface area contributed by atoms with E-state index in [0.29, 0.717) is 18.5 Å². The lowest BCUT2D eigenvalue weighted by Gasteiger charge is -2.17. The standard InChI is InChI=1S/C20H19F3N2O2/c1-2-13-6-3-4-9-16(13)25-18(27)19(10-11-19)17(26)24-15-8-5-7-14(12-15)20(21,22)23/h3-9,12H,2,10-11H2,1H3,(H,24,26)(H,25,27). The second kappa shape index (κ2) is 7.06. The lowest BCUT2D eigenvalue weighted by Crippen LogP contribution is -2.35. The molecule has 2 amide bonds. The minimum Gasteiger partial charge on any atom is -0.325 e. The van der Waals surface area contributed by atoms with Gasteiger partial charge in [0.05, 0.1) is 5.56 Å². The smallest absolute Gasteiger partial charge is 0.325 e. The zero-order chi connectivity index (χ0) is 19.7. The summed E-state index contributed by atoms with van der Waals surface area (Å²) in [6.45, 7) is 1.96. The van der Waals surface area contributed by atoms with Gasteiger partial charge >= 0.3 is 6.18 Å². The van der Waals surface area contributed by atoms with Crippen molar-refractivity contribution in [1.29, 1.82) is 0 Å². The van der Waals surface area contributed by atoms with Gasteiger partial charge < -0.3 is 10.6 Å². The van der Waals surface area contributed by atoms with E-state index >= 15 is 0 Å². The Morgan fingerprint density at radius 1 is 1.00 bits per heavy atom. The van der Waals surface area contributed by atoms with Gasteiger partial charge in [0.1, 0.15) is 5.41 Å². The van der Waals surface area contributed by atoms with Crippen molar-refractivity contribution in [2.45, 2.75) is 32.4 Å². The Bertz CT molecular complexity index is 874. The molecule has 0 saturated heterocycles. The largest absolute Gasteiger partial charge is 0.416 e. The van der Waals surface area contributed by atoms with Crippen molar-refractivity contribution in [3.05, 3.63) is 59.7 Å². The van der Waals surface area contributed by atoms with Gasteiger partial charge in [-0.25, -0.2) is 0 Å². The van der Waals surface area contributed by atoms with Crippen LogP contribution >= 0.6 is 0 Å². The van der Waals surface area contributed by atoms with Gasteiger partial charge in [0.25, 0.3) is 0 Å². The molecule has 4 nitrogen and oxygen atoms in total. The van der Waals surface area contributed by atoms with Gasteiger partial charge in [-0.1, -0.05) is 31.2 Å². The molecule has 1 aliphatic rings. The summed E-state index contributed by atoms with van der Waals surface area (Å²) < 4.78 is 38.5. The molecule has 2 aromatic carbocycles. The van der Waals surface area contributed by atoms with E-state index in [0.717, 1.165) is 24.1 Å². The van der Waals surface area contributed by atoms with Gasteiger partial charge in [0.15, 0.2) is 0 Å². The quantitative estimate of drug-likeness (QED) is 0.748. The second-order valence-electron chi connectivity index (χ2n) is 6.58. The van der Waals surface area contributed by atoms with E-state index in [-0.39, 0.29) is 5.69 Å². The molecule has 0 heterocycles. The van der Waals surface area contributed by atoms with E-state index in [9.17, 15) is 22.8 Å². The van der Waals surface area contributed by atoms with Crippen molar-refractivity contribution >= 4 is 23.2 Å². The molecular weight excluding hydrogens is 357 g/mol. The third kappa shape index (κ3) is 3.97. The molecule has 7 heteroatoms. The van der Waals surface area contributed by atoms with Gasteiger partial charge in [-0.05, 0) is 49.1 Å². The van der Waals surface area contributed by atoms with Crippen LogP contribution in [0.1, 0.15) is 30.9 Å². The predicted molar refractivity (Wildman–Crippen MR) is 96.2 cm³/mol. The molecule has 0 spiro atoms. The first kappa shape index (κ1) is 18.9. The molecular formula is C20H19F3N2O2. The molecule has 0 unspecified atom stereocenters. The molecule has 1 aliphatic carbocycles. The third-order valence-corrected chi connectivity index (χ3v) is 4.71. The highest BCUT2D eigenvalue weighted by Gasteiger charge is 2.56. The van der Waals surface area contributed by atoms with Crippen molar-refractivity contribution < 1.29 is 22.8 Å². The number of hydrogen-bond acceptors (Lipinski definition) is 2. The van der Waals surface area contributed by atoms with Gasteiger partial charge in [0.2, 0.25) is 11.8 Å². The molecule has 0 aliphatic heterocycles. The van der Waals surface area contributed by atoms with Crippen molar-refractivity contribution in [2.24, 2.45) is 5.41 Å². The normalized spacial score (nSPS) is 15.1. The van der Waals surface area contributed by atoms with E-state index in [1.807, 2.05) is 19.1 Å². The molecule has 142 valence electrons. The van der Waals surface area contributed by atoms with E-state index in [1.54, 1.807) is 12.1 Å². The number of aryl methyl sites for hydroxylation is 1. The molecule has 0 atom stereocenters. The number of carbonyl (C=O) groups is 2. The lowest BCUT2D eigenvalue weighted by molar-refractivity contribution is -0.137. The molecule has 1 saturated carbocycles. The fraction of sp³-hybridized carbons (Fsp3) is 0.300. The molecule has 2 aromatic rings. The summed E-state index contributed by atoms with van der Waals surface area (Å²) in [6, 6.07) is 11.7. The topological polar surface area (TPSA) is 58.2 Å². The fourth-order valence-electron chi connectivity index (χ4n) is 2.90. The van der Waals surface area contributed by atoms with E-state index in [1.165, 1.54) is 12.1 Å². The molecule has 0 radical (unpaired) electrons. The fourth-order valence-corrected chi connectivity index (χ4v) is 2.90. The summed E-state index contributed by atoms with van der Waals surface area (Å²) >= 11 is 0. The maximum Gasteiger partial charge on any atom is 0.416 e. The van der Waals surface area contributed by atoms with Crippen molar-refractivity contribution in [3.63, 3.8) is 0 Å². The Balaban J connectivity index is 1.74. The van der Waals surface area contributed by atoms with Crippen LogP contribution in [-0.2, 0) is 22.2 Å². The number of halogens is 3. The van der Waals surface area contributed by atoms with Gasteiger partial charge in [-0.3, -0.25) is 9.59 Å². The van der Waals surface area contributed by atoms with Crippen LogP contribution in [-0.4, -0.2) is 11.8 Å². The Morgan fingerprint density at radius 2 is 1.67 bits per heavy atom. The minimum atomic E-state index is -4.50. The van der Waals surface area contributed by atoms with Crippen LogP contribution in [0.25, 0.3) is 0 Å². The summed E-state index contributed by atoms with van der Waals surface area (Å²) in [5.41, 5.74) is -0.493. The highest BCUT2D eigenvalue weighted by molar-refractivity contribution is 6.17. The van der Waals surface area contributed by atoms with Crippen molar-refractivity contribution in [3.8, 4) is 0 Å². The maximum absolute atomic E-state index is 12.8. The number of benzene rings is 2. The maximum atomic E-state index is 12.8. The van der Waals surface area contributed by atoms with Gasteiger partial charge in [-0.15, -0.1) is 0 Å². The van der Waals surface area contributed by atoms with E-state index < -0.39 is 29.0 Å². The first-order valence-electron chi connectivity index (χ1n) is 8.64. The van der Waals surface area contributed by atoms with Crippen LogP contribution in [0, 0.1) is 5.41 Å². The Kier molecular flexibility index (Phi) is 4.95. The Morgan fingerprint density at radius 3 is 2.30 bits per heavy atom. The summed E-state index contributed by atoms with van der Waals surface area (Å²) in [6.07, 6.45) is -3.06. The lowest BCUT2D eigenvalue weighted by atomic mass is 10.0. The first-order valence-corrected chi connectivity index (χ1v) is 8.64. The van der Waals surface area contributed by atoms with Gasteiger partial charge in [0, 0.05) is 11.4 Å². The van der Waals surface area contributed by atoms with Crippen LogP contribution in [0.5, 0.6) is 0 Å². The molecule has 27 heavy (non-hydrogen) atoms. The van der Waals surface area contributed by atoms with Gasteiger partial charge in [-0.2, -0.15) is 13.2 Å². The van der Waals surface area contributed by atoms with Crippen LogP contribution in [0.3, 0.4) is 0 Å². The average molecular weight is 376 g/mol. The summed E-state index contributed by atoms with van der Waals surface area (Å²) in [5, 5.41) is 5.24. The third-order valence-electron chi connectivity index (χ3n) is 4.71. The number of anilines is 2. The number of hydrogen-bond donors (Lipinski definition) is 2. The molecule has 2 N–H and O–H groups in total. The van der Waals surface area contributed by atoms with Crippen LogP contribution in [0.2, 0.25) is 0 Å². The number of alkyl halides is 3. The second-order valence-corrected chi connectivity index (χ2v) is 6.58. The molecule has 0 aromatic heterocycles. The number of amides is 2. The summed E-state index contributed by atoms with van der Waals surface area (Å²) in [7, 11) is 0. The first-order chi connectivity index (χ1) is 12.8. The van der Waals surface area contributed by atoms with E-state index in [2.05, 4.69) is 10.6 Å². The van der Waals surface area contributed by atoms with Crippen LogP contribution in [0.4, 0.5) is 24.5 Å². The Hall–Kier alpha value is -2.83. The zero-order valence-corrected chi connectivity index (χ0v) is 14.7. The number of nitrogens with one attached hydrogen (secondary N) is 2. The molecule has 3 rings (SSSR count). The zero-order valence-electron chi connectivity index (χ0n) is 14.7. The van der Waals surface area contributed by atoms with Crippen molar-refractivity contribution in [2.75, 3.05) is 10.6 Å². The molecule has 0 bridgehead atoms. The monoisotopic (exact) mass is 376 g/mol.